The molecular formula is C17H24O5. The minimum atomic E-state index is -0.0472. The molecule has 5 nitrogen and oxygen atoms in total. The van der Waals surface area contributed by atoms with Crippen LogP contribution >= 0.6 is 0 Å². The molecule has 0 aromatic heterocycles. The van der Waals surface area contributed by atoms with Gasteiger partial charge in [0.2, 0.25) is 5.75 Å². The van der Waals surface area contributed by atoms with E-state index in [0.29, 0.717) is 23.9 Å². The molecule has 2 heterocycles. The van der Waals surface area contributed by atoms with E-state index >= 15 is 0 Å². The van der Waals surface area contributed by atoms with Crippen molar-refractivity contribution in [3.05, 3.63) is 17.2 Å². The Hall–Kier alpha value is -1.46. The first-order valence-corrected chi connectivity index (χ1v) is 7.82. The van der Waals surface area contributed by atoms with Gasteiger partial charge in [-0.2, -0.15) is 0 Å². The van der Waals surface area contributed by atoms with Crippen LogP contribution in [0.2, 0.25) is 0 Å². The van der Waals surface area contributed by atoms with Crippen LogP contribution in [0.25, 0.3) is 0 Å². The van der Waals surface area contributed by atoms with Crippen LogP contribution in [0.1, 0.15) is 43.4 Å². The monoisotopic (exact) mass is 308 g/mol. The second kappa shape index (κ2) is 6.34. The van der Waals surface area contributed by atoms with Crippen molar-refractivity contribution in [3.63, 3.8) is 0 Å². The van der Waals surface area contributed by atoms with E-state index in [1.54, 1.807) is 21.3 Å². The maximum absolute atomic E-state index is 6.23. The van der Waals surface area contributed by atoms with Gasteiger partial charge in [0.05, 0.1) is 40.1 Å². The quantitative estimate of drug-likeness (QED) is 0.835. The maximum atomic E-state index is 6.23. The van der Waals surface area contributed by atoms with Gasteiger partial charge in [0.25, 0.3) is 0 Å². The van der Waals surface area contributed by atoms with Gasteiger partial charge in [0.15, 0.2) is 11.5 Å². The van der Waals surface area contributed by atoms with Crippen LogP contribution < -0.4 is 14.2 Å². The van der Waals surface area contributed by atoms with Gasteiger partial charge in [-0.1, -0.05) is 13.3 Å². The van der Waals surface area contributed by atoms with Crippen molar-refractivity contribution in [1.29, 1.82) is 0 Å². The zero-order valence-corrected chi connectivity index (χ0v) is 13.7. The Labute approximate surface area is 131 Å². The Balaban J connectivity index is 2.02. The second-order valence-corrected chi connectivity index (χ2v) is 5.77. The molecule has 5 heteroatoms. The van der Waals surface area contributed by atoms with Crippen LogP contribution in [0, 0.1) is 0 Å². The van der Waals surface area contributed by atoms with Gasteiger partial charge in [-0.15, -0.1) is 0 Å². The lowest BCUT2D eigenvalue weighted by atomic mass is 9.94. The van der Waals surface area contributed by atoms with Gasteiger partial charge in [-0.25, -0.2) is 0 Å². The zero-order chi connectivity index (χ0) is 15.7. The molecule has 0 unspecified atom stereocenters. The number of benzene rings is 1. The van der Waals surface area contributed by atoms with E-state index in [1.807, 2.05) is 6.07 Å². The van der Waals surface area contributed by atoms with Crippen molar-refractivity contribution in [1.82, 2.24) is 0 Å². The number of ether oxygens (including phenoxy) is 5. The highest BCUT2D eigenvalue weighted by atomic mass is 16.6. The molecule has 22 heavy (non-hydrogen) atoms. The van der Waals surface area contributed by atoms with E-state index in [-0.39, 0.29) is 18.3 Å². The summed E-state index contributed by atoms with van der Waals surface area (Å²) in [5.74, 6) is 1.95. The molecule has 2 aliphatic rings. The van der Waals surface area contributed by atoms with E-state index in [2.05, 4.69) is 6.92 Å². The lowest BCUT2D eigenvalue weighted by Crippen LogP contribution is -2.24. The molecule has 0 bridgehead atoms. The van der Waals surface area contributed by atoms with Crippen molar-refractivity contribution in [2.75, 3.05) is 21.3 Å². The smallest absolute Gasteiger partial charge is 0.203 e. The summed E-state index contributed by atoms with van der Waals surface area (Å²) in [6.45, 7) is 2.69. The standard InChI is InChI=1S/C17H24O5/c1-5-6-10-7-14-15(22-10)11-8-13(18-2)17(20-4)16(19-3)12(11)9-21-14/h8,10,14-15H,5-7,9H2,1-4H3/t10-,14+,15+/m0/s1. The third-order valence-corrected chi connectivity index (χ3v) is 4.50. The molecule has 0 spiro atoms. The molecule has 3 rings (SSSR count). The van der Waals surface area contributed by atoms with Gasteiger partial charge in [0.1, 0.15) is 6.10 Å². The van der Waals surface area contributed by atoms with Gasteiger partial charge in [-0.3, -0.25) is 0 Å². The first-order valence-electron chi connectivity index (χ1n) is 7.82. The van der Waals surface area contributed by atoms with E-state index in [9.17, 15) is 0 Å². The van der Waals surface area contributed by atoms with Crippen molar-refractivity contribution in [3.8, 4) is 17.2 Å². The van der Waals surface area contributed by atoms with E-state index in [1.165, 1.54) is 0 Å². The molecule has 0 amide bonds. The van der Waals surface area contributed by atoms with Crippen molar-refractivity contribution >= 4 is 0 Å². The number of fused-ring (bicyclic) bond motifs is 3. The normalized spacial score (nSPS) is 26.3. The Morgan fingerprint density at radius 1 is 1.14 bits per heavy atom. The van der Waals surface area contributed by atoms with Crippen molar-refractivity contribution in [2.45, 2.75) is 51.1 Å². The summed E-state index contributed by atoms with van der Waals surface area (Å²) in [5.41, 5.74) is 2.10. The maximum Gasteiger partial charge on any atom is 0.203 e. The summed E-state index contributed by atoms with van der Waals surface area (Å²) in [5, 5.41) is 0. The predicted octanol–water partition coefficient (Wildman–Crippen LogP) is 3.24. The van der Waals surface area contributed by atoms with E-state index < -0.39 is 0 Å². The topological polar surface area (TPSA) is 46.2 Å². The molecule has 1 saturated heterocycles. The molecule has 1 aromatic rings. The first-order chi connectivity index (χ1) is 10.7. The second-order valence-electron chi connectivity index (χ2n) is 5.77. The molecule has 0 N–H and O–H groups in total. The first kappa shape index (κ1) is 15.4. The summed E-state index contributed by atoms with van der Waals surface area (Å²) in [4.78, 5) is 0. The largest absolute Gasteiger partial charge is 0.493 e. The Morgan fingerprint density at radius 3 is 2.55 bits per heavy atom. The summed E-state index contributed by atoms with van der Waals surface area (Å²) in [6, 6.07) is 2.01. The fourth-order valence-electron chi connectivity index (χ4n) is 3.50. The predicted molar refractivity (Wildman–Crippen MR) is 81.8 cm³/mol. The van der Waals surface area contributed by atoms with E-state index in [4.69, 9.17) is 23.7 Å². The van der Waals surface area contributed by atoms with Crippen LogP contribution in [0.15, 0.2) is 6.07 Å². The molecule has 0 aliphatic carbocycles. The van der Waals surface area contributed by atoms with Crippen molar-refractivity contribution in [2.24, 2.45) is 0 Å². The lowest BCUT2D eigenvalue weighted by molar-refractivity contribution is -0.0474. The average molecular weight is 308 g/mol. The molecule has 1 fully saturated rings. The molecule has 1 aromatic carbocycles. The van der Waals surface area contributed by atoms with E-state index in [0.717, 1.165) is 30.4 Å². The van der Waals surface area contributed by atoms with Gasteiger partial charge < -0.3 is 23.7 Å². The average Bonchev–Trinajstić information content (AvgIpc) is 2.95. The Bertz CT molecular complexity index is 542. The van der Waals surface area contributed by atoms with Gasteiger partial charge >= 0.3 is 0 Å². The van der Waals surface area contributed by atoms with Crippen LogP contribution in [0.5, 0.6) is 17.2 Å². The summed E-state index contributed by atoms with van der Waals surface area (Å²) < 4.78 is 28.7. The van der Waals surface area contributed by atoms with Crippen LogP contribution in [-0.2, 0) is 16.1 Å². The molecule has 0 radical (unpaired) electrons. The zero-order valence-electron chi connectivity index (χ0n) is 13.7. The molecule has 2 aliphatic heterocycles. The van der Waals surface area contributed by atoms with Crippen molar-refractivity contribution < 1.29 is 23.7 Å². The molecular weight excluding hydrogens is 284 g/mol. The highest BCUT2D eigenvalue weighted by Crippen LogP contribution is 2.50. The highest BCUT2D eigenvalue weighted by Gasteiger charge is 2.42. The van der Waals surface area contributed by atoms with Gasteiger partial charge in [-0.05, 0) is 18.1 Å². The molecule has 122 valence electrons. The third kappa shape index (κ3) is 2.42. The Morgan fingerprint density at radius 2 is 1.91 bits per heavy atom. The third-order valence-electron chi connectivity index (χ3n) is 4.50. The number of hydrogen-bond donors (Lipinski definition) is 0. The Kier molecular flexibility index (Phi) is 4.45. The molecule has 0 saturated carbocycles. The fourth-order valence-corrected chi connectivity index (χ4v) is 3.50. The minimum absolute atomic E-state index is 0.0472. The fraction of sp³-hybridized carbons (Fsp3) is 0.647. The van der Waals surface area contributed by atoms with Crippen LogP contribution in [0.3, 0.4) is 0 Å². The summed E-state index contributed by atoms with van der Waals surface area (Å²) >= 11 is 0. The number of hydrogen-bond acceptors (Lipinski definition) is 5. The SMILES string of the molecule is CCC[C@H]1C[C@H]2OCc3c(cc(OC)c(OC)c3OC)[C@H]2O1. The minimum Gasteiger partial charge on any atom is -0.493 e. The van der Waals surface area contributed by atoms with Crippen LogP contribution in [0.4, 0.5) is 0 Å². The lowest BCUT2D eigenvalue weighted by Gasteiger charge is -2.30. The number of rotatable bonds is 5. The summed E-state index contributed by atoms with van der Waals surface area (Å²) in [7, 11) is 4.89. The van der Waals surface area contributed by atoms with Crippen LogP contribution in [-0.4, -0.2) is 33.5 Å². The number of methoxy groups -OCH3 is 3. The van der Waals surface area contributed by atoms with Gasteiger partial charge in [0, 0.05) is 12.0 Å². The highest BCUT2D eigenvalue weighted by molar-refractivity contribution is 5.60. The summed E-state index contributed by atoms with van der Waals surface area (Å²) in [6.07, 6.45) is 3.47. The molecule has 3 atom stereocenters.